The Kier molecular flexibility index (Phi) is 3.70. The third-order valence-electron chi connectivity index (χ3n) is 3.09. The van der Waals surface area contributed by atoms with E-state index in [-0.39, 0.29) is 5.69 Å². The van der Waals surface area contributed by atoms with Gasteiger partial charge in [-0.3, -0.25) is 19.7 Å². The number of piperazine rings is 1. The van der Waals surface area contributed by atoms with Gasteiger partial charge in [0.05, 0.1) is 11.5 Å². The van der Waals surface area contributed by atoms with Crippen LogP contribution in [0.2, 0.25) is 0 Å². The van der Waals surface area contributed by atoms with Gasteiger partial charge in [-0.05, 0) is 6.92 Å². The maximum absolute atomic E-state index is 10.5. The van der Waals surface area contributed by atoms with Crippen LogP contribution in [0.1, 0.15) is 6.92 Å². The molecule has 1 atom stereocenters. The van der Waals surface area contributed by atoms with Crippen molar-refractivity contribution in [1.82, 2.24) is 20.0 Å². The van der Waals surface area contributed by atoms with E-state index in [9.17, 15) is 10.1 Å². The Labute approximate surface area is 99.6 Å². The van der Waals surface area contributed by atoms with E-state index < -0.39 is 4.92 Å². The Morgan fingerprint density at radius 2 is 2.47 bits per heavy atom. The number of hydrogen-bond donors (Lipinski definition) is 1. The fourth-order valence-corrected chi connectivity index (χ4v) is 2.02. The molecule has 17 heavy (non-hydrogen) atoms. The smallest absolute Gasteiger partial charge is 0.306 e. The average molecular weight is 239 g/mol. The molecule has 0 spiro atoms. The van der Waals surface area contributed by atoms with E-state index in [1.54, 1.807) is 4.68 Å². The zero-order valence-corrected chi connectivity index (χ0v) is 9.87. The Morgan fingerprint density at radius 3 is 3.12 bits per heavy atom. The summed E-state index contributed by atoms with van der Waals surface area (Å²) in [5.74, 6) is 0. The standard InChI is InChI=1S/C10H17N5O2/c1-9-6-11-2-3-13(9)4-5-14-8-10(7-12-14)15(16)17/h7-9,11H,2-6H2,1H3/t9-/m1/s1. The van der Waals surface area contributed by atoms with Crippen LogP contribution in [0.3, 0.4) is 0 Å². The summed E-state index contributed by atoms with van der Waals surface area (Å²) in [6.45, 7) is 6.77. The quantitative estimate of drug-likeness (QED) is 0.595. The van der Waals surface area contributed by atoms with Crippen LogP contribution >= 0.6 is 0 Å². The van der Waals surface area contributed by atoms with Crippen LogP contribution in [0.15, 0.2) is 12.4 Å². The van der Waals surface area contributed by atoms with Gasteiger partial charge >= 0.3 is 5.69 Å². The summed E-state index contributed by atoms with van der Waals surface area (Å²) < 4.78 is 1.63. The molecule has 1 fully saturated rings. The van der Waals surface area contributed by atoms with Crippen molar-refractivity contribution >= 4 is 5.69 Å². The number of hydrogen-bond acceptors (Lipinski definition) is 5. The molecule has 94 valence electrons. The lowest BCUT2D eigenvalue weighted by Crippen LogP contribution is -2.50. The summed E-state index contributed by atoms with van der Waals surface area (Å²) in [5.41, 5.74) is 0.0540. The predicted octanol–water partition coefficient (Wildman–Crippen LogP) is 0.0850. The lowest BCUT2D eigenvalue weighted by Gasteiger charge is -2.33. The van der Waals surface area contributed by atoms with Crippen LogP contribution in [-0.2, 0) is 6.54 Å². The van der Waals surface area contributed by atoms with Gasteiger partial charge in [-0.15, -0.1) is 0 Å². The summed E-state index contributed by atoms with van der Waals surface area (Å²) in [5, 5.41) is 17.8. The van der Waals surface area contributed by atoms with Crippen molar-refractivity contribution < 1.29 is 4.92 Å². The van der Waals surface area contributed by atoms with Gasteiger partial charge in [0, 0.05) is 32.2 Å². The van der Waals surface area contributed by atoms with Crippen LogP contribution in [0.4, 0.5) is 5.69 Å². The van der Waals surface area contributed by atoms with E-state index in [4.69, 9.17) is 0 Å². The Bertz CT molecular complexity index is 392. The third kappa shape index (κ3) is 3.01. The first-order valence-corrected chi connectivity index (χ1v) is 5.78. The molecule has 1 saturated heterocycles. The molecule has 0 bridgehead atoms. The molecule has 7 nitrogen and oxygen atoms in total. The van der Waals surface area contributed by atoms with Gasteiger partial charge in [0.2, 0.25) is 0 Å². The second-order valence-corrected chi connectivity index (χ2v) is 4.31. The average Bonchev–Trinajstić information content (AvgIpc) is 2.77. The molecule has 0 amide bonds. The SMILES string of the molecule is C[C@@H]1CNCCN1CCn1cc([N+](=O)[O-])cn1. The fourth-order valence-electron chi connectivity index (χ4n) is 2.02. The molecule has 0 unspecified atom stereocenters. The van der Waals surface area contributed by atoms with Crippen molar-refractivity contribution in [2.75, 3.05) is 26.2 Å². The van der Waals surface area contributed by atoms with Crippen molar-refractivity contribution in [3.8, 4) is 0 Å². The fraction of sp³-hybridized carbons (Fsp3) is 0.700. The van der Waals surface area contributed by atoms with Crippen molar-refractivity contribution in [1.29, 1.82) is 0 Å². The maximum atomic E-state index is 10.5. The third-order valence-corrected chi connectivity index (χ3v) is 3.09. The molecule has 0 aromatic carbocycles. The summed E-state index contributed by atoms with van der Waals surface area (Å²) in [6, 6.07) is 0.509. The van der Waals surface area contributed by atoms with Gasteiger partial charge in [0.15, 0.2) is 0 Å². The molecule has 1 aromatic heterocycles. The molecule has 0 aliphatic carbocycles. The van der Waals surface area contributed by atoms with Gasteiger partial charge in [-0.25, -0.2) is 0 Å². The Morgan fingerprint density at radius 1 is 1.65 bits per heavy atom. The normalized spacial score (nSPS) is 21.6. The molecule has 1 aromatic rings. The van der Waals surface area contributed by atoms with E-state index in [0.29, 0.717) is 12.6 Å². The first-order chi connectivity index (χ1) is 8.16. The number of rotatable bonds is 4. The van der Waals surface area contributed by atoms with Crippen LogP contribution in [-0.4, -0.2) is 51.8 Å². The second kappa shape index (κ2) is 5.24. The number of nitrogens with zero attached hydrogens (tertiary/aromatic N) is 4. The molecule has 1 aliphatic rings. The summed E-state index contributed by atoms with van der Waals surface area (Å²) >= 11 is 0. The lowest BCUT2D eigenvalue weighted by atomic mass is 10.2. The highest BCUT2D eigenvalue weighted by atomic mass is 16.6. The minimum Gasteiger partial charge on any atom is -0.314 e. The van der Waals surface area contributed by atoms with E-state index in [1.165, 1.54) is 12.4 Å². The molecule has 0 saturated carbocycles. The van der Waals surface area contributed by atoms with Crippen LogP contribution in [0.5, 0.6) is 0 Å². The van der Waals surface area contributed by atoms with E-state index in [1.807, 2.05) is 0 Å². The number of nitro groups is 1. The minimum absolute atomic E-state index is 0.0540. The molecule has 1 N–H and O–H groups in total. The lowest BCUT2D eigenvalue weighted by molar-refractivity contribution is -0.385. The molecule has 0 radical (unpaired) electrons. The van der Waals surface area contributed by atoms with Crippen molar-refractivity contribution in [3.05, 3.63) is 22.5 Å². The Hall–Kier alpha value is -1.47. The highest BCUT2D eigenvalue weighted by molar-refractivity contribution is 5.20. The maximum Gasteiger partial charge on any atom is 0.306 e. The number of aromatic nitrogens is 2. The van der Waals surface area contributed by atoms with Gasteiger partial charge in [-0.1, -0.05) is 0 Å². The van der Waals surface area contributed by atoms with Crippen molar-refractivity contribution in [3.63, 3.8) is 0 Å². The van der Waals surface area contributed by atoms with Gasteiger partial charge in [0.25, 0.3) is 0 Å². The zero-order chi connectivity index (χ0) is 12.3. The molecular weight excluding hydrogens is 222 g/mol. The molecule has 2 heterocycles. The predicted molar refractivity (Wildman–Crippen MR) is 62.8 cm³/mol. The first kappa shape index (κ1) is 12.0. The topological polar surface area (TPSA) is 76.2 Å². The first-order valence-electron chi connectivity index (χ1n) is 5.78. The van der Waals surface area contributed by atoms with Gasteiger partial charge in [0.1, 0.15) is 12.4 Å². The zero-order valence-electron chi connectivity index (χ0n) is 9.87. The largest absolute Gasteiger partial charge is 0.314 e. The molecular formula is C10H17N5O2. The second-order valence-electron chi connectivity index (χ2n) is 4.31. The summed E-state index contributed by atoms with van der Waals surface area (Å²) in [4.78, 5) is 12.5. The van der Waals surface area contributed by atoms with E-state index in [2.05, 4.69) is 22.2 Å². The monoisotopic (exact) mass is 239 g/mol. The summed E-state index contributed by atoms with van der Waals surface area (Å²) in [6.07, 6.45) is 2.77. The minimum atomic E-state index is -0.420. The Balaban J connectivity index is 1.86. The molecule has 7 heteroatoms. The van der Waals surface area contributed by atoms with Crippen molar-refractivity contribution in [2.45, 2.75) is 19.5 Å². The molecule has 2 rings (SSSR count). The van der Waals surface area contributed by atoms with Crippen LogP contribution in [0.25, 0.3) is 0 Å². The number of nitrogens with one attached hydrogen (secondary N) is 1. The highest BCUT2D eigenvalue weighted by Crippen LogP contribution is 2.08. The molecule has 1 aliphatic heterocycles. The van der Waals surface area contributed by atoms with Crippen LogP contribution in [0, 0.1) is 10.1 Å². The van der Waals surface area contributed by atoms with Gasteiger partial charge in [-0.2, -0.15) is 5.10 Å². The van der Waals surface area contributed by atoms with Crippen LogP contribution < -0.4 is 5.32 Å². The highest BCUT2D eigenvalue weighted by Gasteiger charge is 2.17. The van der Waals surface area contributed by atoms with E-state index in [0.717, 1.165) is 26.2 Å². The summed E-state index contributed by atoms with van der Waals surface area (Å²) in [7, 11) is 0. The van der Waals surface area contributed by atoms with Gasteiger partial charge < -0.3 is 5.32 Å². The van der Waals surface area contributed by atoms with Crippen molar-refractivity contribution in [2.24, 2.45) is 0 Å². The van der Waals surface area contributed by atoms with E-state index >= 15 is 0 Å².